The normalized spacial score (nSPS) is 10.3. The highest BCUT2D eigenvalue weighted by molar-refractivity contribution is 5.94. The van der Waals surface area contributed by atoms with E-state index in [-0.39, 0.29) is 5.91 Å². The van der Waals surface area contributed by atoms with Crippen LogP contribution in [0.1, 0.15) is 62.2 Å². The molecule has 1 rings (SSSR count). The van der Waals surface area contributed by atoms with Crippen molar-refractivity contribution in [2.75, 3.05) is 13.7 Å². The molecule has 0 fully saturated rings. The molecule has 112 valence electrons. The maximum absolute atomic E-state index is 11.9. The number of amides is 1. The molecule has 0 saturated carbocycles. The summed E-state index contributed by atoms with van der Waals surface area (Å²) in [4.78, 5) is 11.9. The van der Waals surface area contributed by atoms with Crippen LogP contribution < -0.4 is 10.1 Å². The Bertz CT molecular complexity index is 390. The molecule has 1 N–H and O–H groups in total. The first-order valence-electron chi connectivity index (χ1n) is 7.70. The molecule has 1 aromatic rings. The van der Waals surface area contributed by atoms with E-state index in [4.69, 9.17) is 4.74 Å². The monoisotopic (exact) mass is 277 g/mol. The average Bonchev–Trinajstić information content (AvgIpc) is 2.49. The van der Waals surface area contributed by atoms with Crippen LogP contribution in [0.2, 0.25) is 0 Å². The van der Waals surface area contributed by atoms with Crippen molar-refractivity contribution in [2.45, 2.75) is 51.9 Å². The zero-order chi connectivity index (χ0) is 14.6. The van der Waals surface area contributed by atoms with Gasteiger partial charge in [0.1, 0.15) is 5.75 Å². The Balaban J connectivity index is 2.13. The number of rotatable bonds is 10. The first-order chi connectivity index (χ1) is 9.77. The molecule has 20 heavy (non-hydrogen) atoms. The van der Waals surface area contributed by atoms with Gasteiger partial charge in [-0.15, -0.1) is 0 Å². The molecule has 0 unspecified atom stereocenters. The third kappa shape index (κ3) is 6.60. The number of benzene rings is 1. The van der Waals surface area contributed by atoms with Gasteiger partial charge in [-0.05, 0) is 24.6 Å². The molecular weight excluding hydrogens is 250 g/mol. The summed E-state index contributed by atoms with van der Waals surface area (Å²) in [7, 11) is 1.61. The van der Waals surface area contributed by atoms with Crippen LogP contribution in [-0.4, -0.2) is 19.6 Å². The van der Waals surface area contributed by atoms with Gasteiger partial charge in [-0.2, -0.15) is 0 Å². The zero-order valence-electron chi connectivity index (χ0n) is 12.8. The molecule has 0 spiro atoms. The third-order valence-electron chi connectivity index (χ3n) is 3.40. The van der Waals surface area contributed by atoms with Crippen LogP contribution in [0.3, 0.4) is 0 Å². The summed E-state index contributed by atoms with van der Waals surface area (Å²) in [5, 5.41) is 2.96. The number of unbranched alkanes of at least 4 members (excludes halogenated alkanes) is 6. The first-order valence-corrected chi connectivity index (χ1v) is 7.70. The molecule has 0 atom stereocenters. The van der Waals surface area contributed by atoms with Crippen LogP contribution in [0.25, 0.3) is 0 Å². The average molecular weight is 277 g/mol. The van der Waals surface area contributed by atoms with E-state index < -0.39 is 0 Å². The summed E-state index contributed by atoms with van der Waals surface area (Å²) in [6, 6.07) is 7.25. The molecule has 0 bridgehead atoms. The molecule has 0 aliphatic rings. The van der Waals surface area contributed by atoms with Crippen LogP contribution in [0.4, 0.5) is 0 Å². The number of hydrogen-bond donors (Lipinski definition) is 1. The summed E-state index contributed by atoms with van der Waals surface area (Å²) in [6.45, 7) is 2.98. The van der Waals surface area contributed by atoms with E-state index in [9.17, 15) is 4.79 Å². The van der Waals surface area contributed by atoms with Gasteiger partial charge in [0.2, 0.25) is 0 Å². The molecule has 3 heteroatoms. The quantitative estimate of drug-likeness (QED) is 0.652. The van der Waals surface area contributed by atoms with Crippen molar-refractivity contribution < 1.29 is 9.53 Å². The summed E-state index contributed by atoms with van der Waals surface area (Å²) in [5.74, 6) is 0.698. The van der Waals surface area contributed by atoms with Gasteiger partial charge < -0.3 is 10.1 Å². The minimum atomic E-state index is -0.0186. The van der Waals surface area contributed by atoms with E-state index in [1.165, 1.54) is 38.5 Å². The second-order valence-electron chi connectivity index (χ2n) is 5.11. The standard InChI is InChI=1S/C17H27NO2/c1-3-4-5-6-7-8-9-13-18-17(19)15-11-10-12-16(14-15)20-2/h10-12,14H,3-9,13H2,1-2H3,(H,18,19). The van der Waals surface area contributed by atoms with Gasteiger partial charge in [-0.3, -0.25) is 4.79 Å². The molecule has 1 amide bonds. The van der Waals surface area contributed by atoms with Crippen molar-refractivity contribution >= 4 is 5.91 Å². The lowest BCUT2D eigenvalue weighted by Crippen LogP contribution is -2.24. The number of hydrogen-bond acceptors (Lipinski definition) is 2. The Labute approximate surface area is 122 Å². The summed E-state index contributed by atoms with van der Waals surface area (Å²) in [6.07, 6.45) is 8.81. The van der Waals surface area contributed by atoms with E-state index in [1.54, 1.807) is 13.2 Å². The zero-order valence-corrected chi connectivity index (χ0v) is 12.8. The van der Waals surface area contributed by atoms with Gasteiger partial charge in [0.15, 0.2) is 0 Å². The molecule has 1 aromatic carbocycles. The highest BCUT2D eigenvalue weighted by Crippen LogP contribution is 2.12. The molecule has 0 heterocycles. The molecule has 0 aromatic heterocycles. The summed E-state index contributed by atoms with van der Waals surface area (Å²) < 4.78 is 5.11. The number of nitrogens with one attached hydrogen (secondary N) is 1. The van der Waals surface area contributed by atoms with Gasteiger partial charge in [0.25, 0.3) is 5.91 Å². The number of methoxy groups -OCH3 is 1. The highest BCUT2D eigenvalue weighted by atomic mass is 16.5. The summed E-state index contributed by atoms with van der Waals surface area (Å²) >= 11 is 0. The minimum Gasteiger partial charge on any atom is -0.497 e. The molecular formula is C17H27NO2. The van der Waals surface area contributed by atoms with Crippen LogP contribution in [0.5, 0.6) is 5.75 Å². The lowest BCUT2D eigenvalue weighted by Gasteiger charge is -2.06. The van der Waals surface area contributed by atoms with Crippen molar-refractivity contribution in [1.29, 1.82) is 0 Å². The van der Waals surface area contributed by atoms with E-state index in [2.05, 4.69) is 12.2 Å². The fraction of sp³-hybridized carbons (Fsp3) is 0.588. The second kappa shape index (κ2) is 10.3. The van der Waals surface area contributed by atoms with Gasteiger partial charge in [-0.25, -0.2) is 0 Å². The Kier molecular flexibility index (Phi) is 8.52. The lowest BCUT2D eigenvalue weighted by atomic mass is 10.1. The smallest absolute Gasteiger partial charge is 0.251 e. The Morgan fingerprint density at radius 3 is 2.50 bits per heavy atom. The van der Waals surface area contributed by atoms with Crippen molar-refractivity contribution in [3.8, 4) is 5.75 Å². The van der Waals surface area contributed by atoms with Gasteiger partial charge in [-0.1, -0.05) is 51.5 Å². The maximum Gasteiger partial charge on any atom is 0.251 e. The Hall–Kier alpha value is -1.51. The van der Waals surface area contributed by atoms with Crippen molar-refractivity contribution in [2.24, 2.45) is 0 Å². The fourth-order valence-electron chi connectivity index (χ4n) is 2.15. The van der Waals surface area contributed by atoms with Gasteiger partial charge >= 0.3 is 0 Å². The molecule has 3 nitrogen and oxygen atoms in total. The Morgan fingerprint density at radius 2 is 1.80 bits per heavy atom. The molecule has 0 aliphatic heterocycles. The lowest BCUT2D eigenvalue weighted by molar-refractivity contribution is 0.0952. The number of carbonyl (C=O) groups is 1. The first kappa shape index (κ1) is 16.5. The van der Waals surface area contributed by atoms with E-state index in [0.29, 0.717) is 11.3 Å². The fourth-order valence-corrected chi connectivity index (χ4v) is 2.15. The largest absolute Gasteiger partial charge is 0.497 e. The predicted molar refractivity (Wildman–Crippen MR) is 83.3 cm³/mol. The number of ether oxygens (including phenoxy) is 1. The SMILES string of the molecule is CCCCCCCCCNC(=O)c1cccc(OC)c1. The molecule has 0 aliphatic carbocycles. The topological polar surface area (TPSA) is 38.3 Å². The maximum atomic E-state index is 11.9. The molecule has 0 saturated heterocycles. The van der Waals surface area contributed by atoms with Crippen molar-refractivity contribution in [3.63, 3.8) is 0 Å². The number of carbonyl (C=O) groups excluding carboxylic acids is 1. The predicted octanol–water partition coefficient (Wildman–Crippen LogP) is 4.18. The highest BCUT2D eigenvalue weighted by Gasteiger charge is 2.05. The van der Waals surface area contributed by atoms with E-state index >= 15 is 0 Å². The van der Waals surface area contributed by atoms with E-state index in [0.717, 1.165) is 13.0 Å². The van der Waals surface area contributed by atoms with Crippen LogP contribution >= 0.6 is 0 Å². The van der Waals surface area contributed by atoms with Crippen LogP contribution in [0, 0.1) is 0 Å². The van der Waals surface area contributed by atoms with Crippen LogP contribution in [-0.2, 0) is 0 Å². The Morgan fingerprint density at radius 1 is 1.10 bits per heavy atom. The summed E-state index contributed by atoms with van der Waals surface area (Å²) in [5.41, 5.74) is 0.660. The van der Waals surface area contributed by atoms with E-state index in [1.807, 2.05) is 18.2 Å². The van der Waals surface area contributed by atoms with Crippen molar-refractivity contribution in [3.05, 3.63) is 29.8 Å². The van der Waals surface area contributed by atoms with Gasteiger partial charge in [0, 0.05) is 12.1 Å². The van der Waals surface area contributed by atoms with Crippen LogP contribution in [0.15, 0.2) is 24.3 Å². The molecule has 0 radical (unpaired) electrons. The van der Waals surface area contributed by atoms with Crippen molar-refractivity contribution in [1.82, 2.24) is 5.32 Å². The second-order valence-corrected chi connectivity index (χ2v) is 5.11. The van der Waals surface area contributed by atoms with Gasteiger partial charge in [0.05, 0.1) is 7.11 Å². The minimum absolute atomic E-state index is 0.0186. The third-order valence-corrected chi connectivity index (χ3v) is 3.40.